The van der Waals surface area contributed by atoms with Gasteiger partial charge < -0.3 is 14.5 Å². The molecule has 0 unspecified atom stereocenters. The van der Waals surface area contributed by atoms with Gasteiger partial charge in [0.05, 0.1) is 11.1 Å². The Morgan fingerprint density at radius 2 is 1.47 bits per heavy atom. The van der Waals surface area contributed by atoms with Gasteiger partial charge in [-0.15, -0.1) is 0 Å². The first-order valence-electron chi connectivity index (χ1n) is 8.96. The SMILES string of the molecule is O=C(c1cccc(OC(F)F)c1)N1CCN(C(=O)c2ccccc2C(F)(F)F)CC1. The number of benzene rings is 2. The smallest absolute Gasteiger partial charge is 0.417 e. The monoisotopic (exact) mass is 428 g/mol. The number of alkyl halides is 5. The molecule has 1 heterocycles. The number of halogens is 5. The van der Waals surface area contributed by atoms with Crippen LogP contribution in [0, 0.1) is 0 Å². The molecule has 0 aliphatic carbocycles. The first kappa shape index (κ1) is 21.5. The topological polar surface area (TPSA) is 49.9 Å². The maximum Gasteiger partial charge on any atom is 0.417 e. The van der Waals surface area contributed by atoms with Crippen molar-refractivity contribution < 1.29 is 36.3 Å². The number of carbonyl (C=O) groups excluding carboxylic acids is 2. The summed E-state index contributed by atoms with van der Waals surface area (Å²) in [5, 5.41) is 0. The second kappa shape index (κ2) is 8.68. The average Bonchev–Trinajstić information content (AvgIpc) is 2.72. The Morgan fingerprint density at radius 3 is 2.07 bits per heavy atom. The van der Waals surface area contributed by atoms with Crippen LogP contribution in [0.1, 0.15) is 26.3 Å². The van der Waals surface area contributed by atoms with E-state index in [1.54, 1.807) is 0 Å². The summed E-state index contributed by atoms with van der Waals surface area (Å²) < 4.78 is 68.5. The van der Waals surface area contributed by atoms with E-state index < -0.39 is 35.7 Å². The molecular weight excluding hydrogens is 411 g/mol. The lowest BCUT2D eigenvalue weighted by atomic mass is 10.1. The molecule has 0 atom stereocenters. The first-order valence-corrected chi connectivity index (χ1v) is 8.96. The fourth-order valence-corrected chi connectivity index (χ4v) is 3.19. The minimum Gasteiger partial charge on any atom is -0.435 e. The lowest BCUT2D eigenvalue weighted by Gasteiger charge is -2.35. The van der Waals surface area contributed by atoms with Crippen molar-refractivity contribution in [2.24, 2.45) is 0 Å². The molecule has 2 amide bonds. The molecule has 10 heteroatoms. The van der Waals surface area contributed by atoms with Gasteiger partial charge in [0.15, 0.2) is 0 Å². The van der Waals surface area contributed by atoms with Gasteiger partial charge in [0.1, 0.15) is 5.75 Å². The van der Waals surface area contributed by atoms with Crippen molar-refractivity contribution >= 4 is 11.8 Å². The maximum absolute atomic E-state index is 13.2. The quantitative estimate of drug-likeness (QED) is 0.694. The van der Waals surface area contributed by atoms with E-state index in [4.69, 9.17) is 0 Å². The number of carbonyl (C=O) groups is 2. The van der Waals surface area contributed by atoms with Crippen LogP contribution in [0.4, 0.5) is 22.0 Å². The highest BCUT2D eigenvalue weighted by Gasteiger charge is 2.36. The fraction of sp³-hybridized carbons (Fsp3) is 0.300. The Morgan fingerprint density at radius 1 is 0.867 bits per heavy atom. The Balaban J connectivity index is 1.67. The Labute approximate surface area is 168 Å². The molecule has 2 aromatic carbocycles. The van der Waals surface area contributed by atoms with Gasteiger partial charge in [-0.1, -0.05) is 18.2 Å². The van der Waals surface area contributed by atoms with E-state index >= 15 is 0 Å². The fourth-order valence-electron chi connectivity index (χ4n) is 3.19. The number of hydrogen-bond acceptors (Lipinski definition) is 3. The highest BCUT2D eigenvalue weighted by molar-refractivity contribution is 5.97. The van der Waals surface area contributed by atoms with Crippen LogP contribution >= 0.6 is 0 Å². The lowest BCUT2D eigenvalue weighted by molar-refractivity contribution is -0.138. The molecule has 30 heavy (non-hydrogen) atoms. The number of piperazine rings is 1. The number of hydrogen-bond donors (Lipinski definition) is 0. The van der Waals surface area contributed by atoms with Crippen molar-refractivity contribution in [2.75, 3.05) is 26.2 Å². The molecule has 1 saturated heterocycles. The first-order chi connectivity index (χ1) is 14.2. The van der Waals surface area contributed by atoms with E-state index in [0.29, 0.717) is 0 Å². The molecule has 3 rings (SSSR count). The van der Waals surface area contributed by atoms with E-state index in [9.17, 15) is 31.5 Å². The molecule has 2 aromatic rings. The molecule has 1 fully saturated rings. The molecule has 0 spiro atoms. The van der Waals surface area contributed by atoms with E-state index in [0.717, 1.165) is 12.1 Å². The van der Waals surface area contributed by atoms with Crippen LogP contribution < -0.4 is 4.74 Å². The predicted octanol–water partition coefficient (Wildman–Crippen LogP) is 3.91. The van der Waals surface area contributed by atoms with Gasteiger partial charge in [0.2, 0.25) is 0 Å². The van der Waals surface area contributed by atoms with Crippen molar-refractivity contribution in [3.8, 4) is 5.75 Å². The third-order valence-electron chi connectivity index (χ3n) is 4.62. The maximum atomic E-state index is 13.2. The molecule has 1 aliphatic heterocycles. The molecule has 0 radical (unpaired) electrons. The molecule has 0 bridgehead atoms. The summed E-state index contributed by atoms with van der Waals surface area (Å²) in [6.45, 7) is -2.74. The largest absolute Gasteiger partial charge is 0.435 e. The molecule has 0 saturated carbocycles. The van der Waals surface area contributed by atoms with Crippen LogP contribution in [0.25, 0.3) is 0 Å². The molecule has 5 nitrogen and oxygen atoms in total. The highest BCUT2D eigenvalue weighted by Crippen LogP contribution is 2.32. The van der Waals surface area contributed by atoms with Crippen LogP contribution in [0.5, 0.6) is 5.75 Å². The van der Waals surface area contributed by atoms with E-state index in [1.165, 1.54) is 46.2 Å². The van der Waals surface area contributed by atoms with E-state index in [-0.39, 0.29) is 37.5 Å². The van der Waals surface area contributed by atoms with E-state index in [1.807, 2.05) is 0 Å². The summed E-state index contributed by atoms with van der Waals surface area (Å²) in [5.41, 5.74) is -1.32. The zero-order chi connectivity index (χ0) is 21.9. The average molecular weight is 428 g/mol. The van der Waals surface area contributed by atoms with Crippen molar-refractivity contribution in [3.05, 3.63) is 65.2 Å². The standard InChI is InChI=1S/C20H17F5N2O3/c21-19(22)30-14-5-3-4-13(12-14)17(28)26-8-10-27(11-9-26)18(29)15-6-1-2-7-16(15)20(23,24)25/h1-7,12,19H,8-11H2. The number of amides is 2. The van der Waals surface area contributed by atoms with Gasteiger partial charge in [-0.25, -0.2) is 0 Å². The Hall–Kier alpha value is -3.17. The van der Waals surface area contributed by atoms with Gasteiger partial charge in [-0.05, 0) is 30.3 Å². The molecule has 160 valence electrons. The number of nitrogens with zero attached hydrogens (tertiary/aromatic N) is 2. The van der Waals surface area contributed by atoms with Crippen LogP contribution in [-0.4, -0.2) is 54.4 Å². The summed E-state index contributed by atoms with van der Waals surface area (Å²) in [7, 11) is 0. The number of rotatable bonds is 4. The molecule has 0 N–H and O–H groups in total. The normalized spacial score (nSPS) is 14.7. The van der Waals surface area contributed by atoms with Crippen LogP contribution in [0.2, 0.25) is 0 Å². The van der Waals surface area contributed by atoms with E-state index in [2.05, 4.69) is 4.74 Å². The van der Waals surface area contributed by atoms with Crippen molar-refractivity contribution in [3.63, 3.8) is 0 Å². The molecule has 0 aromatic heterocycles. The summed E-state index contributed by atoms with van der Waals surface area (Å²) >= 11 is 0. The minimum atomic E-state index is -4.66. The second-order valence-corrected chi connectivity index (χ2v) is 6.53. The second-order valence-electron chi connectivity index (χ2n) is 6.53. The lowest BCUT2D eigenvalue weighted by Crippen LogP contribution is -2.50. The summed E-state index contributed by atoms with van der Waals surface area (Å²) in [6.07, 6.45) is -4.66. The van der Waals surface area contributed by atoms with Crippen LogP contribution in [-0.2, 0) is 6.18 Å². The van der Waals surface area contributed by atoms with Gasteiger partial charge >= 0.3 is 12.8 Å². The summed E-state index contributed by atoms with van der Waals surface area (Å²) in [5.74, 6) is -1.37. The van der Waals surface area contributed by atoms with Gasteiger partial charge in [-0.2, -0.15) is 22.0 Å². The van der Waals surface area contributed by atoms with Crippen molar-refractivity contribution in [1.29, 1.82) is 0 Å². The van der Waals surface area contributed by atoms with Crippen LogP contribution in [0.3, 0.4) is 0 Å². The minimum absolute atomic E-state index is 0.0456. The zero-order valence-corrected chi connectivity index (χ0v) is 15.5. The highest BCUT2D eigenvalue weighted by atomic mass is 19.4. The van der Waals surface area contributed by atoms with Gasteiger partial charge in [0.25, 0.3) is 11.8 Å². The van der Waals surface area contributed by atoms with Crippen LogP contribution in [0.15, 0.2) is 48.5 Å². The third kappa shape index (κ3) is 4.87. The van der Waals surface area contributed by atoms with Crippen molar-refractivity contribution in [1.82, 2.24) is 9.80 Å². The molecule has 1 aliphatic rings. The van der Waals surface area contributed by atoms with Gasteiger partial charge in [0, 0.05) is 31.7 Å². The zero-order valence-electron chi connectivity index (χ0n) is 15.5. The number of ether oxygens (including phenoxy) is 1. The predicted molar refractivity (Wildman–Crippen MR) is 96.3 cm³/mol. The van der Waals surface area contributed by atoms with Gasteiger partial charge in [-0.3, -0.25) is 9.59 Å². The van der Waals surface area contributed by atoms with Crippen molar-refractivity contribution in [2.45, 2.75) is 12.8 Å². The third-order valence-corrected chi connectivity index (χ3v) is 4.62. The summed E-state index contributed by atoms with van der Waals surface area (Å²) in [6, 6.07) is 9.86. The Bertz CT molecular complexity index is 925. The Kier molecular flexibility index (Phi) is 6.23. The molecular formula is C20H17F5N2O3. The summed E-state index contributed by atoms with van der Waals surface area (Å²) in [4.78, 5) is 27.9.